The maximum absolute atomic E-state index is 13.7. The molecular weight excluding hydrogens is 368 g/mol. The fourth-order valence-electron chi connectivity index (χ4n) is 4.81. The van der Waals surface area contributed by atoms with Crippen LogP contribution in [-0.4, -0.2) is 41.6 Å². The molecular formula is C23H24N2O2S. The van der Waals surface area contributed by atoms with Gasteiger partial charge in [0.2, 0.25) is 0 Å². The molecule has 0 N–H and O–H groups in total. The lowest BCUT2D eigenvalue weighted by Gasteiger charge is -2.33. The molecule has 3 aromatic rings. The molecule has 5 rings (SSSR count). The Morgan fingerprint density at radius 1 is 1.21 bits per heavy atom. The normalized spacial score (nSPS) is 21.5. The molecule has 28 heavy (non-hydrogen) atoms. The van der Waals surface area contributed by atoms with Crippen LogP contribution in [0.3, 0.4) is 0 Å². The number of nitrogens with zero attached hydrogens (tertiary/aromatic N) is 2. The maximum atomic E-state index is 13.7. The van der Waals surface area contributed by atoms with Crippen molar-refractivity contribution in [3.8, 4) is 10.6 Å². The lowest BCUT2D eigenvalue weighted by Crippen LogP contribution is -2.37. The molecule has 2 aromatic heterocycles. The smallest absolute Gasteiger partial charge is 0.254 e. The van der Waals surface area contributed by atoms with Crippen molar-refractivity contribution in [2.24, 2.45) is 5.41 Å². The minimum Gasteiger partial charge on any atom is -0.381 e. The average Bonchev–Trinajstić information content (AvgIpc) is 3.36. The van der Waals surface area contributed by atoms with E-state index in [9.17, 15) is 4.79 Å². The van der Waals surface area contributed by atoms with Crippen molar-refractivity contribution in [2.45, 2.75) is 32.2 Å². The Morgan fingerprint density at radius 2 is 2.04 bits per heavy atom. The molecule has 0 aliphatic carbocycles. The SMILES string of the molecule is CC1CC2(CCOCC2)CN1C(=O)c1cc(-c2cccs2)nc2ccccc12. The summed E-state index contributed by atoms with van der Waals surface area (Å²) in [7, 11) is 0. The Bertz CT molecular complexity index is 1010. The van der Waals surface area contributed by atoms with Crippen LogP contribution in [0.25, 0.3) is 21.5 Å². The van der Waals surface area contributed by atoms with Gasteiger partial charge in [-0.15, -0.1) is 11.3 Å². The summed E-state index contributed by atoms with van der Waals surface area (Å²) in [6, 6.07) is 14.3. The van der Waals surface area contributed by atoms with E-state index in [0.29, 0.717) is 0 Å². The predicted octanol–water partition coefficient (Wildman–Crippen LogP) is 4.99. The van der Waals surface area contributed by atoms with Gasteiger partial charge in [0.05, 0.1) is 21.7 Å². The fraction of sp³-hybridized carbons (Fsp3) is 0.391. The number of carbonyl (C=O) groups is 1. The minimum atomic E-state index is 0.132. The summed E-state index contributed by atoms with van der Waals surface area (Å²) in [4.78, 5) is 21.7. The van der Waals surface area contributed by atoms with E-state index in [1.54, 1.807) is 11.3 Å². The number of para-hydroxylation sites is 1. The first-order valence-electron chi connectivity index (χ1n) is 9.98. The van der Waals surface area contributed by atoms with Crippen LogP contribution in [0.15, 0.2) is 47.8 Å². The van der Waals surface area contributed by atoms with Gasteiger partial charge in [-0.2, -0.15) is 0 Å². The molecule has 1 unspecified atom stereocenters. The number of carbonyl (C=O) groups excluding carboxylic acids is 1. The summed E-state index contributed by atoms with van der Waals surface area (Å²) < 4.78 is 5.58. The Labute approximate surface area is 169 Å². The third-order valence-corrected chi connectivity index (χ3v) is 7.19. The third-order valence-electron chi connectivity index (χ3n) is 6.30. The number of aromatic nitrogens is 1. The van der Waals surface area contributed by atoms with Crippen LogP contribution in [0.5, 0.6) is 0 Å². The van der Waals surface area contributed by atoms with Gasteiger partial charge in [-0.3, -0.25) is 4.79 Å². The van der Waals surface area contributed by atoms with E-state index in [4.69, 9.17) is 9.72 Å². The molecule has 1 amide bonds. The topological polar surface area (TPSA) is 42.4 Å². The van der Waals surface area contributed by atoms with Crippen LogP contribution in [0.1, 0.15) is 36.5 Å². The first-order valence-corrected chi connectivity index (χ1v) is 10.9. The number of hydrogen-bond donors (Lipinski definition) is 0. The van der Waals surface area contributed by atoms with Crippen molar-refractivity contribution in [2.75, 3.05) is 19.8 Å². The van der Waals surface area contributed by atoms with Gasteiger partial charge in [0.15, 0.2) is 0 Å². The van der Waals surface area contributed by atoms with Crippen LogP contribution in [0.4, 0.5) is 0 Å². The second-order valence-corrected chi connectivity index (χ2v) is 9.10. The van der Waals surface area contributed by atoms with E-state index in [-0.39, 0.29) is 17.4 Å². The molecule has 2 fully saturated rings. The Kier molecular flexibility index (Phi) is 4.44. The van der Waals surface area contributed by atoms with Gasteiger partial charge >= 0.3 is 0 Å². The second-order valence-electron chi connectivity index (χ2n) is 8.15. The molecule has 4 nitrogen and oxygen atoms in total. The van der Waals surface area contributed by atoms with E-state index >= 15 is 0 Å². The van der Waals surface area contributed by atoms with Crippen LogP contribution >= 0.6 is 11.3 Å². The number of hydrogen-bond acceptors (Lipinski definition) is 4. The lowest BCUT2D eigenvalue weighted by molar-refractivity contribution is 0.0190. The molecule has 4 heterocycles. The van der Waals surface area contributed by atoms with E-state index in [1.165, 1.54) is 0 Å². The first kappa shape index (κ1) is 17.8. The molecule has 0 saturated carbocycles. The highest BCUT2D eigenvalue weighted by atomic mass is 32.1. The predicted molar refractivity (Wildman–Crippen MR) is 113 cm³/mol. The van der Waals surface area contributed by atoms with E-state index in [0.717, 1.165) is 66.1 Å². The van der Waals surface area contributed by atoms with Crippen LogP contribution in [0, 0.1) is 5.41 Å². The van der Waals surface area contributed by atoms with Gasteiger partial charge in [0.25, 0.3) is 5.91 Å². The summed E-state index contributed by atoms with van der Waals surface area (Å²) in [6.07, 6.45) is 3.18. The molecule has 1 spiro atoms. The van der Waals surface area contributed by atoms with Gasteiger partial charge in [-0.05, 0) is 55.2 Å². The molecule has 0 radical (unpaired) electrons. The van der Waals surface area contributed by atoms with Crippen molar-refractivity contribution in [1.29, 1.82) is 0 Å². The number of amides is 1. The Morgan fingerprint density at radius 3 is 2.82 bits per heavy atom. The average molecular weight is 393 g/mol. The number of ether oxygens (including phenoxy) is 1. The highest BCUT2D eigenvalue weighted by Crippen LogP contribution is 2.43. The van der Waals surface area contributed by atoms with Crippen LogP contribution < -0.4 is 0 Å². The van der Waals surface area contributed by atoms with E-state index < -0.39 is 0 Å². The third kappa shape index (κ3) is 3.03. The number of fused-ring (bicyclic) bond motifs is 1. The lowest BCUT2D eigenvalue weighted by atomic mass is 9.78. The van der Waals surface area contributed by atoms with Crippen molar-refractivity contribution in [3.05, 3.63) is 53.4 Å². The molecule has 144 valence electrons. The van der Waals surface area contributed by atoms with E-state index in [2.05, 4.69) is 17.9 Å². The summed E-state index contributed by atoms with van der Waals surface area (Å²) >= 11 is 1.65. The fourth-order valence-corrected chi connectivity index (χ4v) is 5.50. The number of pyridine rings is 1. The Hall–Kier alpha value is -2.24. The zero-order chi connectivity index (χ0) is 19.1. The largest absolute Gasteiger partial charge is 0.381 e. The zero-order valence-corrected chi connectivity index (χ0v) is 16.9. The van der Waals surface area contributed by atoms with Gasteiger partial charge in [-0.1, -0.05) is 24.3 Å². The molecule has 5 heteroatoms. The second kappa shape index (κ2) is 6.98. The molecule has 0 bridgehead atoms. The molecule has 2 aliphatic heterocycles. The number of thiophene rings is 1. The van der Waals surface area contributed by atoms with Crippen molar-refractivity contribution >= 4 is 28.1 Å². The number of rotatable bonds is 2. The quantitative estimate of drug-likeness (QED) is 0.617. The number of likely N-dealkylation sites (tertiary alicyclic amines) is 1. The van der Waals surface area contributed by atoms with Crippen LogP contribution in [-0.2, 0) is 4.74 Å². The first-order chi connectivity index (χ1) is 13.7. The monoisotopic (exact) mass is 392 g/mol. The van der Waals surface area contributed by atoms with Crippen molar-refractivity contribution < 1.29 is 9.53 Å². The van der Waals surface area contributed by atoms with Crippen LogP contribution in [0.2, 0.25) is 0 Å². The maximum Gasteiger partial charge on any atom is 0.254 e. The standard InChI is InChI=1S/C23H24N2O2S/c1-16-14-23(8-10-27-11-9-23)15-25(16)22(26)18-13-20(21-7-4-12-28-21)24-19-6-3-2-5-17(18)19/h2-7,12-13,16H,8-11,14-15H2,1H3. The van der Waals surface area contributed by atoms with Gasteiger partial charge < -0.3 is 9.64 Å². The van der Waals surface area contributed by atoms with Gasteiger partial charge in [0, 0.05) is 31.2 Å². The van der Waals surface area contributed by atoms with Gasteiger partial charge in [-0.25, -0.2) is 4.98 Å². The van der Waals surface area contributed by atoms with Gasteiger partial charge in [0.1, 0.15) is 0 Å². The molecule has 2 saturated heterocycles. The highest BCUT2D eigenvalue weighted by Gasteiger charge is 2.45. The number of benzene rings is 1. The van der Waals surface area contributed by atoms with E-state index in [1.807, 2.05) is 41.8 Å². The van der Waals surface area contributed by atoms with Crippen molar-refractivity contribution in [1.82, 2.24) is 9.88 Å². The summed E-state index contributed by atoms with van der Waals surface area (Å²) in [5.41, 5.74) is 2.76. The summed E-state index contributed by atoms with van der Waals surface area (Å²) in [5.74, 6) is 0.132. The molecule has 2 aliphatic rings. The summed E-state index contributed by atoms with van der Waals surface area (Å²) in [6.45, 7) is 4.65. The Balaban J connectivity index is 1.55. The zero-order valence-electron chi connectivity index (χ0n) is 16.1. The summed E-state index contributed by atoms with van der Waals surface area (Å²) in [5, 5.41) is 2.98. The molecule has 1 aromatic carbocycles. The highest BCUT2D eigenvalue weighted by molar-refractivity contribution is 7.13. The van der Waals surface area contributed by atoms with Crippen molar-refractivity contribution in [3.63, 3.8) is 0 Å². The minimum absolute atomic E-state index is 0.132. The molecule has 1 atom stereocenters.